The van der Waals surface area contributed by atoms with Crippen molar-refractivity contribution in [1.82, 2.24) is 10.6 Å². The van der Waals surface area contributed by atoms with Crippen molar-refractivity contribution < 1.29 is 31.9 Å². The first-order chi connectivity index (χ1) is 11.2. The molecule has 1 rings (SSSR count). The van der Waals surface area contributed by atoms with E-state index in [1.807, 2.05) is 5.32 Å². The van der Waals surface area contributed by atoms with Gasteiger partial charge in [-0.15, -0.1) is 0 Å². The lowest BCUT2D eigenvalue weighted by molar-refractivity contribution is -0.222. The van der Waals surface area contributed by atoms with Crippen LogP contribution in [0.5, 0.6) is 0 Å². The van der Waals surface area contributed by atoms with Gasteiger partial charge >= 0.3 is 12.1 Å². The van der Waals surface area contributed by atoms with Crippen LogP contribution in [0.4, 0.5) is 17.6 Å². The Bertz CT molecular complexity index is 575. The van der Waals surface area contributed by atoms with Gasteiger partial charge in [0.25, 0.3) is 5.66 Å². The highest BCUT2D eigenvalue weighted by molar-refractivity contribution is 5.88. The Balaban J connectivity index is 3.15. The quantitative estimate of drug-likeness (QED) is 0.450. The maximum absolute atomic E-state index is 13.6. The Labute approximate surface area is 136 Å². The first-order valence-electron chi connectivity index (χ1n) is 7.20. The number of hydrogen-bond donors (Lipinski definition) is 2. The van der Waals surface area contributed by atoms with E-state index in [0.29, 0.717) is 5.56 Å². The summed E-state index contributed by atoms with van der Waals surface area (Å²) in [6.07, 6.45) is -5.40. The number of nitrogens with one attached hydrogen (secondary N) is 2. The van der Waals surface area contributed by atoms with E-state index in [0.717, 1.165) is 12.1 Å². The Hall–Kier alpha value is -2.16. The standard InChI is InChI=1S/C15H18F4N2O3/c1-3-12(22)21-14(15(17,18)19,13(23)24-4-2)20-9-10-5-7-11(16)8-6-10/h5-8,20H,3-4,9H2,1-2H3,(H,21,22). The first-order valence-corrected chi connectivity index (χ1v) is 7.20. The number of rotatable bonds is 7. The molecule has 0 heterocycles. The molecule has 5 nitrogen and oxygen atoms in total. The molecule has 0 aliphatic heterocycles. The molecule has 0 aliphatic carbocycles. The van der Waals surface area contributed by atoms with Gasteiger partial charge in [0.05, 0.1) is 6.61 Å². The van der Waals surface area contributed by atoms with Crippen LogP contribution in [0, 0.1) is 5.82 Å². The topological polar surface area (TPSA) is 67.4 Å². The third-order valence-electron chi connectivity index (χ3n) is 3.13. The molecule has 0 radical (unpaired) electrons. The molecule has 2 N–H and O–H groups in total. The third kappa shape index (κ3) is 4.67. The van der Waals surface area contributed by atoms with Gasteiger partial charge in [0, 0.05) is 13.0 Å². The van der Waals surface area contributed by atoms with Gasteiger partial charge in [0.1, 0.15) is 5.82 Å². The summed E-state index contributed by atoms with van der Waals surface area (Å²) in [7, 11) is 0. The van der Waals surface area contributed by atoms with Crippen molar-refractivity contribution in [3.8, 4) is 0 Å². The fourth-order valence-corrected chi connectivity index (χ4v) is 1.83. The summed E-state index contributed by atoms with van der Waals surface area (Å²) in [5.74, 6) is -3.20. The van der Waals surface area contributed by atoms with Gasteiger partial charge in [0.2, 0.25) is 5.91 Å². The lowest BCUT2D eigenvalue weighted by Gasteiger charge is -2.34. The van der Waals surface area contributed by atoms with Gasteiger partial charge in [-0.3, -0.25) is 10.1 Å². The smallest absolute Gasteiger partial charge is 0.436 e. The summed E-state index contributed by atoms with van der Waals surface area (Å²) in [6.45, 7) is 1.96. The zero-order chi connectivity index (χ0) is 18.4. The number of amides is 1. The number of carbonyl (C=O) groups excluding carboxylic acids is 2. The molecule has 0 saturated carbocycles. The normalized spacial score (nSPS) is 13.9. The third-order valence-corrected chi connectivity index (χ3v) is 3.13. The van der Waals surface area contributed by atoms with Crippen molar-refractivity contribution in [1.29, 1.82) is 0 Å². The van der Waals surface area contributed by atoms with Gasteiger partial charge in [-0.25, -0.2) is 9.18 Å². The molecule has 1 aromatic carbocycles. The Kier molecular flexibility index (Phi) is 6.70. The molecule has 1 aromatic rings. The summed E-state index contributed by atoms with van der Waals surface area (Å²) in [4.78, 5) is 23.5. The van der Waals surface area contributed by atoms with Crippen molar-refractivity contribution in [2.45, 2.75) is 38.7 Å². The average molecular weight is 350 g/mol. The van der Waals surface area contributed by atoms with Gasteiger partial charge in [0.15, 0.2) is 0 Å². The zero-order valence-corrected chi connectivity index (χ0v) is 13.2. The number of alkyl halides is 3. The van der Waals surface area contributed by atoms with Crippen molar-refractivity contribution in [3.05, 3.63) is 35.6 Å². The number of esters is 1. The number of halogens is 4. The molecule has 1 unspecified atom stereocenters. The van der Waals surface area contributed by atoms with Gasteiger partial charge in [-0.1, -0.05) is 19.1 Å². The van der Waals surface area contributed by atoms with E-state index in [-0.39, 0.29) is 13.0 Å². The minimum atomic E-state index is -5.15. The molecule has 0 bridgehead atoms. The van der Waals surface area contributed by atoms with Crippen molar-refractivity contribution in [3.63, 3.8) is 0 Å². The van der Waals surface area contributed by atoms with E-state index in [1.165, 1.54) is 26.0 Å². The summed E-state index contributed by atoms with van der Waals surface area (Å²) >= 11 is 0. The molecule has 0 fully saturated rings. The largest absolute Gasteiger partial charge is 0.463 e. The molecular formula is C15H18F4N2O3. The minimum absolute atomic E-state index is 0.255. The molecule has 0 aromatic heterocycles. The second kappa shape index (κ2) is 8.09. The van der Waals surface area contributed by atoms with Crippen molar-refractivity contribution in [2.24, 2.45) is 0 Å². The maximum Gasteiger partial charge on any atom is 0.436 e. The summed E-state index contributed by atoms with van der Waals surface area (Å²) in [5, 5.41) is 3.67. The van der Waals surface area contributed by atoms with Crippen LogP contribution in [0.3, 0.4) is 0 Å². The van der Waals surface area contributed by atoms with Gasteiger partial charge in [-0.2, -0.15) is 13.2 Å². The molecule has 0 saturated heterocycles. The van der Waals surface area contributed by atoms with Crippen LogP contribution in [0.2, 0.25) is 0 Å². The van der Waals surface area contributed by atoms with E-state index in [2.05, 4.69) is 4.74 Å². The molecule has 0 spiro atoms. The monoisotopic (exact) mass is 350 g/mol. The van der Waals surface area contributed by atoms with Crippen LogP contribution in [0.15, 0.2) is 24.3 Å². The lowest BCUT2D eigenvalue weighted by atomic mass is 10.1. The average Bonchev–Trinajstić information content (AvgIpc) is 2.51. The van der Waals surface area contributed by atoms with Crippen LogP contribution >= 0.6 is 0 Å². The molecule has 134 valence electrons. The zero-order valence-electron chi connectivity index (χ0n) is 13.2. The molecule has 0 aliphatic rings. The molecule has 1 atom stereocenters. The van der Waals surface area contributed by atoms with Gasteiger partial charge < -0.3 is 10.1 Å². The second-order valence-electron chi connectivity index (χ2n) is 4.85. The van der Waals surface area contributed by atoms with Crippen molar-refractivity contribution >= 4 is 11.9 Å². The summed E-state index contributed by atoms with van der Waals surface area (Å²) in [6, 6.07) is 4.66. The van der Waals surface area contributed by atoms with E-state index < -0.39 is 36.1 Å². The van der Waals surface area contributed by atoms with E-state index >= 15 is 0 Å². The van der Waals surface area contributed by atoms with E-state index in [4.69, 9.17) is 0 Å². The number of hydrogen-bond acceptors (Lipinski definition) is 4. The minimum Gasteiger partial charge on any atom is -0.463 e. The van der Waals surface area contributed by atoms with Gasteiger partial charge in [-0.05, 0) is 24.6 Å². The first kappa shape index (κ1) is 19.9. The molecule has 1 amide bonds. The fraction of sp³-hybridized carbons (Fsp3) is 0.467. The molecule has 9 heteroatoms. The van der Waals surface area contributed by atoms with Crippen LogP contribution in [-0.4, -0.2) is 30.3 Å². The lowest BCUT2D eigenvalue weighted by Crippen LogP contribution is -2.72. The highest BCUT2D eigenvalue weighted by atomic mass is 19.4. The van der Waals surface area contributed by atoms with Crippen LogP contribution in [0.1, 0.15) is 25.8 Å². The Morgan fingerprint density at radius 2 is 1.71 bits per heavy atom. The van der Waals surface area contributed by atoms with Crippen LogP contribution in [-0.2, 0) is 20.9 Å². The highest BCUT2D eigenvalue weighted by Gasteiger charge is 2.62. The number of carbonyl (C=O) groups is 2. The predicted octanol–water partition coefficient (Wildman–Crippen LogP) is 2.26. The Morgan fingerprint density at radius 3 is 2.17 bits per heavy atom. The number of ether oxygens (including phenoxy) is 1. The maximum atomic E-state index is 13.6. The van der Waals surface area contributed by atoms with Crippen molar-refractivity contribution in [2.75, 3.05) is 6.61 Å². The van der Waals surface area contributed by atoms with Crippen LogP contribution in [0.25, 0.3) is 0 Å². The predicted molar refractivity (Wildman–Crippen MR) is 77.1 cm³/mol. The second-order valence-corrected chi connectivity index (χ2v) is 4.85. The van der Waals surface area contributed by atoms with E-state index in [1.54, 1.807) is 5.32 Å². The highest BCUT2D eigenvalue weighted by Crippen LogP contribution is 2.30. The SMILES string of the molecule is CCOC(=O)C(NCc1ccc(F)cc1)(NC(=O)CC)C(F)(F)F. The molecular weight excluding hydrogens is 332 g/mol. The van der Waals surface area contributed by atoms with Crippen LogP contribution < -0.4 is 10.6 Å². The Morgan fingerprint density at radius 1 is 1.12 bits per heavy atom. The number of benzene rings is 1. The summed E-state index contributed by atoms with van der Waals surface area (Å²) in [5.41, 5.74) is -3.09. The summed E-state index contributed by atoms with van der Waals surface area (Å²) < 4.78 is 58.1. The van der Waals surface area contributed by atoms with E-state index in [9.17, 15) is 27.2 Å². The fourth-order valence-electron chi connectivity index (χ4n) is 1.83. The molecule has 24 heavy (non-hydrogen) atoms.